The number of carbonyl (C=O) groups is 1. The highest BCUT2D eigenvalue weighted by atomic mass is 32.2. The van der Waals surface area contributed by atoms with Crippen LogP contribution in [0.3, 0.4) is 0 Å². The van der Waals surface area contributed by atoms with Gasteiger partial charge in [-0.2, -0.15) is 4.68 Å². The van der Waals surface area contributed by atoms with Crippen molar-refractivity contribution in [2.24, 2.45) is 0 Å². The molecule has 0 bridgehead atoms. The molecule has 7 nitrogen and oxygen atoms in total. The number of aromatic nitrogens is 4. The Kier molecular flexibility index (Phi) is 6.81. The molecule has 0 radical (unpaired) electrons. The van der Waals surface area contributed by atoms with E-state index in [2.05, 4.69) is 15.5 Å². The normalized spacial score (nSPS) is 10.7. The Morgan fingerprint density at radius 3 is 2.53 bits per heavy atom. The van der Waals surface area contributed by atoms with Crippen LogP contribution >= 0.6 is 11.8 Å². The maximum Gasteiger partial charge on any atom is 0.255 e. The highest BCUT2D eigenvalue weighted by molar-refractivity contribution is 7.98. The molecule has 3 aromatic carbocycles. The number of thioether (sulfide) groups is 1. The number of amides is 1. The van der Waals surface area contributed by atoms with Crippen LogP contribution in [0.2, 0.25) is 0 Å². The van der Waals surface area contributed by atoms with Crippen molar-refractivity contribution in [3.63, 3.8) is 0 Å². The summed E-state index contributed by atoms with van der Waals surface area (Å²) >= 11 is 1.54. The summed E-state index contributed by atoms with van der Waals surface area (Å²) in [5, 5.41) is 12.1. The number of hydrogen-bond acceptors (Lipinski definition) is 6. The van der Waals surface area contributed by atoms with E-state index in [1.807, 2.05) is 78.9 Å². The Morgan fingerprint density at radius 1 is 1.00 bits per heavy atom. The summed E-state index contributed by atoms with van der Waals surface area (Å²) in [7, 11) is 3.43. The van der Waals surface area contributed by atoms with E-state index in [-0.39, 0.29) is 5.91 Å². The summed E-state index contributed by atoms with van der Waals surface area (Å²) in [6, 6.07) is 25.1. The lowest BCUT2D eigenvalue weighted by Gasteiger charge is -2.20. The van der Waals surface area contributed by atoms with E-state index in [9.17, 15) is 4.79 Å². The fourth-order valence-electron chi connectivity index (χ4n) is 3.34. The molecule has 4 rings (SSSR count). The van der Waals surface area contributed by atoms with E-state index in [0.717, 1.165) is 21.9 Å². The smallest absolute Gasteiger partial charge is 0.255 e. The molecule has 0 unspecified atom stereocenters. The second-order valence-corrected chi connectivity index (χ2v) is 8.12. The van der Waals surface area contributed by atoms with Gasteiger partial charge in [-0.3, -0.25) is 4.79 Å². The summed E-state index contributed by atoms with van der Waals surface area (Å²) in [5.74, 6) is 1.96. The van der Waals surface area contributed by atoms with E-state index in [0.29, 0.717) is 23.7 Å². The molecule has 1 amide bonds. The zero-order valence-electron chi connectivity index (χ0n) is 17.9. The number of carbonyl (C=O) groups excluding carboxylic acids is 1. The predicted octanol–water partition coefficient (Wildman–Crippen LogP) is 4.24. The van der Waals surface area contributed by atoms with Gasteiger partial charge in [0.05, 0.1) is 24.1 Å². The summed E-state index contributed by atoms with van der Waals surface area (Å²) in [4.78, 5) is 15.8. The Balaban J connectivity index is 1.50. The molecule has 4 aromatic rings. The summed E-state index contributed by atoms with van der Waals surface area (Å²) in [6.07, 6.45) is 0. The van der Waals surface area contributed by atoms with Crippen molar-refractivity contribution in [2.75, 3.05) is 14.2 Å². The minimum atomic E-state index is -0.0540. The molecule has 1 heterocycles. The molecular weight excluding hydrogens is 422 g/mol. The van der Waals surface area contributed by atoms with Crippen molar-refractivity contribution >= 4 is 17.7 Å². The van der Waals surface area contributed by atoms with Crippen molar-refractivity contribution in [2.45, 2.75) is 17.2 Å². The molecule has 162 valence electrons. The number of benzene rings is 3. The van der Waals surface area contributed by atoms with Crippen molar-refractivity contribution in [3.05, 3.63) is 95.8 Å². The number of para-hydroxylation sites is 2. The lowest BCUT2D eigenvalue weighted by atomic mass is 10.1. The van der Waals surface area contributed by atoms with Gasteiger partial charge in [-0.1, -0.05) is 48.5 Å². The fourth-order valence-corrected chi connectivity index (χ4v) is 4.29. The van der Waals surface area contributed by atoms with E-state index < -0.39 is 0 Å². The van der Waals surface area contributed by atoms with Gasteiger partial charge < -0.3 is 9.64 Å². The largest absolute Gasteiger partial charge is 0.496 e. The van der Waals surface area contributed by atoms with Crippen LogP contribution in [0, 0.1) is 0 Å². The molecule has 0 fully saturated rings. The first-order valence-corrected chi connectivity index (χ1v) is 11.1. The van der Waals surface area contributed by atoms with Crippen LogP contribution in [0.4, 0.5) is 0 Å². The predicted molar refractivity (Wildman–Crippen MR) is 124 cm³/mol. The number of nitrogens with zero attached hydrogens (tertiary/aromatic N) is 5. The summed E-state index contributed by atoms with van der Waals surface area (Å²) < 4.78 is 7.13. The zero-order valence-corrected chi connectivity index (χ0v) is 18.7. The van der Waals surface area contributed by atoms with Gasteiger partial charge in [-0.15, -0.1) is 16.9 Å². The summed E-state index contributed by atoms with van der Waals surface area (Å²) in [6.45, 7) is 0.452. The third kappa shape index (κ3) is 4.81. The Bertz CT molecular complexity index is 1200. The maximum atomic E-state index is 13.2. The van der Waals surface area contributed by atoms with Crippen LogP contribution in [-0.4, -0.2) is 45.2 Å². The summed E-state index contributed by atoms with van der Waals surface area (Å²) in [5.41, 5.74) is 2.50. The highest BCUT2D eigenvalue weighted by Gasteiger charge is 2.18. The second-order valence-electron chi connectivity index (χ2n) is 7.10. The molecule has 0 atom stereocenters. The molecule has 0 aliphatic rings. The molecule has 32 heavy (non-hydrogen) atoms. The van der Waals surface area contributed by atoms with Gasteiger partial charge in [-0.25, -0.2) is 0 Å². The fraction of sp³-hybridized carbons (Fsp3) is 0.167. The molecule has 0 saturated carbocycles. The second kappa shape index (κ2) is 10.1. The molecule has 0 aliphatic heterocycles. The lowest BCUT2D eigenvalue weighted by molar-refractivity contribution is 0.0781. The highest BCUT2D eigenvalue weighted by Crippen LogP contribution is 2.28. The molecule has 8 heteroatoms. The first-order valence-electron chi connectivity index (χ1n) is 10.1. The molecular formula is C24H23N5O2S. The van der Waals surface area contributed by atoms with Gasteiger partial charge in [0, 0.05) is 24.1 Å². The quantitative estimate of drug-likeness (QED) is 0.378. The number of tetrazole rings is 1. The Hall–Kier alpha value is -3.65. The van der Waals surface area contributed by atoms with Crippen LogP contribution in [0.15, 0.2) is 83.8 Å². The van der Waals surface area contributed by atoms with Gasteiger partial charge in [0.25, 0.3) is 5.91 Å². The third-order valence-electron chi connectivity index (χ3n) is 4.96. The average molecular weight is 446 g/mol. The molecule has 1 aromatic heterocycles. The topological polar surface area (TPSA) is 73.1 Å². The molecule has 0 N–H and O–H groups in total. The van der Waals surface area contributed by atoms with Gasteiger partial charge in [-0.05, 0) is 40.8 Å². The maximum absolute atomic E-state index is 13.2. The average Bonchev–Trinajstić information content (AvgIpc) is 3.32. The van der Waals surface area contributed by atoms with Crippen LogP contribution in [-0.2, 0) is 12.3 Å². The first kappa shape index (κ1) is 21.6. The standard InChI is InChI=1S/C24H23N5O2S/c1-28(16-18-10-6-8-14-21(18)31-2)24(30)20-13-7-9-15-22(20)32-17-23-25-26-27-29(23)19-11-4-3-5-12-19/h3-15H,16-17H2,1-2H3. The van der Waals surface area contributed by atoms with Gasteiger partial charge in [0.1, 0.15) is 5.75 Å². The Labute approximate surface area is 191 Å². The van der Waals surface area contributed by atoms with Crippen LogP contribution in [0.1, 0.15) is 21.7 Å². The van der Waals surface area contributed by atoms with Crippen molar-refractivity contribution in [1.82, 2.24) is 25.1 Å². The van der Waals surface area contributed by atoms with E-state index in [4.69, 9.17) is 4.74 Å². The number of ether oxygens (including phenoxy) is 1. The molecule has 0 aliphatic carbocycles. The number of rotatable bonds is 8. The first-order chi connectivity index (χ1) is 15.7. The molecule has 0 saturated heterocycles. The minimum absolute atomic E-state index is 0.0540. The van der Waals surface area contributed by atoms with Crippen LogP contribution in [0.5, 0.6) is 5.75 Å². The van der Waals surface area contributed by atoms with Crippen LogP contribution < -0.4 is 4.74 Å². The van der Waals surface area contributed by atoms with Crippen LogP contribution in [0.25, 0.3) is 5.69 Å². The lowest BCUT2D eigenvalue weighted by Crippen LogP contribution is -2.26. The van der Waals surface area contributed by atoms with E-state index in [1.54, 1.807) is 23.7 Å². The minimum Gasteiger partial charge on any atom is -0.496 e. The van der Waals surface area contributed by atoms with Crippen molar-refractivity contribution in [3.8, 4) is 11.4 Å². The van der Waals surface area contributed by atoms with Gasteiger partial charge >= 0.3 is 0 Å². The third-order valence-corrected chi connectivity index (χ3v) is 6.03. The number of methoxy groups -OCH3 is 1. The zero-order chi connectivity index (χ0) is 22.3. The number of hydrogen-bond donors (Lipinski definition) is 0. The molecule has 0 spiro atoms. The Morgan fingerprint density at radius 2 is 1.72 bits per heavy atom. The van der Waals surface area contributed by atoms with Crippen molar-refractivity contribution < 1.29 is 9.53 Å². The van der Waals surface area contributed by atoms with Crippen molar-refractivity contribution in [1.29, 1.82) is 0 Å². The van der Waals surface area contributed by atoms with Gasteiger partial charge in [0.15, 0.2) is 5.82 Å². The van der Waals surface area contributed by atoms with E-state index >= 15 is 0 Å². The van der Waals surface area contributed by atoms with Gasteiger partial charge in [0.2, 0.25) is 0 Å². The van der Waals surface area contributed by atoms with E-state index in [1.165, 1.54) is 11.8 Å². The SMILES string of the molecule is COc1ccccc1CN(C)C(=O)c1ccccc1SCc1nnnn1-c1ccccc1. The monoisotopic (exact) mass is 445 g/mol.